The monoisotopic (exact) mass is 918 g/mol. The van der Waals surface area contributed by atoms with Crippen molar-refractivity contribution in [2.75, 3.05) is 31.0 Å². The summed E-state index contributed by atoms with van der Waals surface area (Å²) in [5, 5.41) is 14.0. The number of hydrogen-bond donors (Lipinski definition) is 0. The highest BCUT2D eigenvalue weighted by molar-refractivity contribution is 9.10. The second kappa shape index (κ2) is 16.5. The number of carbonyl (C=O) groups excluding carboxylic acids is 2. The molecule has 19 heteroatoms. The molecule has 0 saturated carbocycles. The minimum Gasteiger partial charge on any atom is -0.466 e. The van der Waals surface area contributed by atoms with E-state index in [1.165, 1.54) is 60.1 Å². The number of rotatable bonds is 9. The lowest BCUT2D eigenvalue weighted by molar-refractivity contribution is -0.134. The molecule has 0 saturated heterocycles. The molecule has 0 unspecified atom stereocenters. The average molecular weight is 921 g/mol. The summed E-state index contributed by atoms with van der Waals surface area (Å²) in [6.45, 7) is 0. The molecule has 0 atom stereocenters. The number of imidazole rings is 2. The summed E-state index contributed by atoms with van der Waals surface area (Å²) in [6.07, 6.45) is 3.58. The van der Waals surface area contributed by atoms with Crippen LogP contribution in [-0.4, -0.2) is 72.6 Å². The minimum atomic E-state index is -0.484. The van der Waals surface area contributed by atoms with Gasteiger partial charge in [0, 0.05) is 42.1 Å². The topological polar surface area (TPSA) is 136 Å². The number of nitrogens with zero attached hydrogens (tertiary/aromatic N) is 10. The zero-order valence-electron chi connectivity index (χ0n) is 29.3. The summed E-state index contributed by atoms with van der Waals surface area (Å²) < 4.78 is 35.5. The lowest BCUT2D eigenvalue weighted by atomic mass is 10.2. The van der Waals surface area contributed by atoms with Crippen molar-refractivity contribution in [1.82, 2.24) is 39.2 Å². The summed E-state index contributed by atoms with van der Waals surface area (Å²) in [5.41, 5.74) is 5.08. The molecular weight excluding hydrogens is 894 g/mol. The molecule has 2 aromatic carbocycles. The Kier molecular flexibility index (Phi) is 11.4. The maximum Gasteiger partial charge on any atom is 0.330 e. The summed E-state index contributed by atoms with van der Waals surface area (Å²) in [5.74, 6) is 0.0838. The quantitative estimate of drug-likeness (QED) is 0.0780. The fourth-order valence-corrected chi connectivity index (χ4v) is 7.58. The molecule has 0 bridgehead atoms. The van der Waals surface area contributed by atoms with Gasteiger partial charge in [0.2, 0.25) is 0 Å². The Morgan fingerprint density at radius 1 is 0.696 bits per heavy atom. The van der Waals surface area contributed by atoms with E-state index in [2.05, 4.69) is 66.7 Å². The Labute approximate surface area is 341 Å². The number of benzene rings is 2. The highest BCUT2D eigenvalue weighted by Crippen LogP contribution is 2.35. The molecule has 0 radical (unpaired) electrons. The van der Waals surface area contributed by atoms with E-state index in [-0.39, 0.29) is 17.3 Å². The van der Waals surface area contributed by atoms with Gasteiger partial charge in [-0.25, -0.2) is 33.5 Å². The van der Waals surface area contributed by atoms with Gasteiger partial charge in [0.1, 0.15) is 32.2 Å². The van der Waals surface area contributed by atoms with Crippen molar-refractivity contribution in [3.05, 3.63) is 122 Å². The van der Waals surface area contributed by atoms with E-state index in [0.29, 0.717) is 54.4 Å². The van der Waals surface area contributed by atoms with Gasteiger partial charge in [-0.15, -0.1) is 22.7 Å². The second-order valence-corrected chi connectivity index (χ2v) is 14.9. The van der Waals surface area contributed by atoms with Gasteiger partial charge in [-0.1, -0.05) is 0 Å². The Hall–Kier alpha value is -5.76. The first kappa shape index (κ1) is 38.5. The molecule has 0 aliphatic rings. The summed E-state index contributed by atoms with van der Waals surface area (Å²) in [4.78, 5) is 44.8. The van der Waals surface area contributed by atoms with E-state index in [1.807, 2.05) is 28.8 Å². The lowest BCUT2D eigenvalue weighted by Gasteiger charge is -2.15. The molecule has 8 aromatic rings. The predicted molar refractivity (Wildman–Crippen MR) is 219 cm³/mol. The minimum absolute atomic E-state index is 0.275. The maximum atomic E-state index is 13.2. The van der Waals surface area contributed by atoms with Crippen LogP contribution in [0.2, 0.25) is 0 Å². The van der Waals surface area contributed by atoms with Crippen LogP contribution in [0.3, 0.4) is 0 Å². The van der Waals surface area contributed by atoms with Crippen LogP contribution < -0.4 is 9.80 Å². The molecule has 0 fully saturated rings. The van der Waals surface area contributed by atoms with Gasteiger partial charge in [0.05, 0.1) is 18.5 Å². The van der Waals surface area contributed by atoms with E-state index < -0.39 is 5.97 Å². The van der Waals surface area contributed by atoms with Crippen LogP contribution in [0, 0.1) is 11.6 Å². The van der Waals surface area contributed by atoms with Crippen molar-refractivity contribution in [3.8, 4) is 22.5 Å². The van der Waals surface area contributed by atoms with Crippen LogP contribution in [0.25, 0.3) is 39.9 Å². The first-order valence-corrected chi connectivity index (χ1v) is 19.6. The van der Waals surface area contributed by atoms with Gasteiger partial charge >= 0.3 is 5.97 Å². The van der Waals surface area contributed by atoms with E-state index in [0.717, 1.165) is 22.5 Å². The van der Waals surface area contributed by atoms with Gasteiger partial charge in [0.25, 0.3) is 0 Å². The predicted octanol–water partition coefficient (Wildman–Crippen LogP) is 9.04. The van der Waals surface area contributed by atoms with Crippen LogP contribution >= 0.6 is 54.5 Å². The van der Waals surface area contributed by atoms with Crippen LogP contribution in [-0.2, 0) is 9.53 Å². The molecule has 0 aliphatic heterocycles. The van der Waals surface area contributed by atoms with E-state index in [1.54, 1.807) is 69.5 Å². The van der Waals surface area contributed by atoms with E-state index >= 15 is 0 Å². The van der Waals surface area contributed by atoms with Gasteiger partial charge in [-0.05, 0) is 111 Å². The highest BCUT2D eigenvalue weighted by atomic mass is 79.9. The first-order valence-electron chi connectivity index (χ1n) is 16.2. The number of methoxy groups -OCH3 is 1. The molecular formula is C37H26Br2F2N10O3S2. The number of aromatic nitrogens is 8. The zero-order valence-corrected chi connectivity index (χ0v) is 34.1. The molecule has 0 aliphatic carbocycles. The van der Waals surface area contributed by atoms with Crippen molar-refractivity contribution < 1.29 is 23.1 Å². The van der Waals surface area contributed by atoms with Gasteiger partial charge in [-0.2, -0.15) is 19.2 Å². The number of hydrogen-bond acceptors (Lipinski definition) is 13. The van der Waals surface area contributed by atoms with Gasteiger partial charge in [-0.3, -0.25) is 4.79 Å². The van der Waals surface area contributed by atoms with Crippen molar-refractivity contribution in [1.29, 1.82) is 0 Å². The number of anilines is 4. The third-order valence-electron chi connectivity index (χ3n) is 8.06. The molecule has 0 amide bonds. The van der Waals surface area contributed by atoms with Crippen molar-refractivity contribution >= 4 is 106 Å². The van der Waals surface area contributed by atoms with E-state index in [9.17, 15) is 18.4 Å². The molecule has 56 heavy (non-hydrogen) atoms. The molecule has 0 spiro atoms. The first-order chi connectivity index (χ1) is 27.0. The summed E-state index contributed by atoms with van der Waals surface area (Å²) in [6, 6.07) is 19.5. The summed E-state index contributed by atoms with van der Waals surface area (Å²) in [7, 11) is 4.95. The van der Waals surface area contributed by atoms with Crippen LogP contribution in [0.5, 0.6) is 0 Å². The van der Waals surface area contributed by atoms with Crippen LogP contribution in [0.15, 0.2) is 98.8 Å². The smallest absolute Gasteiger partial charge is 0.330 e. The molecule has 0 N–H and O–H groups in total. The largest absolute Gasteiger partial charge is 0.466 e. The number of esters is 1. The second-order valence-electron chi connectivity index (χ2n) is 11.6. The number of aldehydes is 1. The van der Waals surface area contributed by atoms with Crippen LogP contribution in [0.4, 0.5) is 30.7 Å². The average Bonchev–Trinajstić information content (AvgIpc) is 4.02. The number of ether oxygens (including phenoxy) is 1. The van der Waals surface area contributed by atoms with Crippen LogP contribution in [0.1, 0.15) is 16.2 Å². The number of halogens is 4. The third kappa shape index (κ3) is 8.11. The van der Waals surface area contributed by atoms with Gasteiger partial charge < -0.3 is 14.5 Å². The molecule has 6 aromatic heterocycles. The standard InChI is InChI=1S/C20H15BrFN5O2S.C17H11BrFN5OS/c1-26(20-24-15(11-30-20)12-3-5-13(22)6-4-12)19-14(7-10-18(28)29-2)23-17-9-8-16(21)25-27(17)19;1-23(16-12(8-25)20-15-7-6-14(18)22-24(15)16)17-21-13(9-26-17)10-2-4-11(19)5-3-10/h3-11H,1-2H3;2-9H,1H3/b10-7+;. The maximum absolute atomic E-state index is 13.2. The van der Waals surface area contributed by atoms with Crippen molar-refractivity contribution in [2.24, 2.45) is 0 Å². The number of thiazole rings is 2. The van der Waals surface area contributed by atoms with E-state index in [4.69, 9.17) is 0 Å². The Balaban J connectivity index is 0.000000173. The highest BCUT2D eigenvalue weighted by Gasteiger charge is 2.22. The molecule has 8 rings (SSSR count). The Bertz CT molecular complexity index is 2730. The normalized spacial score (nSPS) is 11.2. The zero-order chi connectivity index (χ0) is 39.5. The number of fused-ring (bicyclic) bond motifs is 2. The molecule has 6 heterocycles. The fraction of sp³-hybridized carbons (Fsp3) is 0.0811. The molecule has 282 valence electrons. The number of carbonyl (C=O) groups is 2. The van der Waals surface area contributed by atoms with Gasteiger partial charge in [0.15, 0.2) is 39.5 Å². The fourth-order valence-electron chi connectivity index (χ4n) is 5.39. The van der Waals surface area contributed by atoms with Crippen molar-refractivity contribution in [2.45, 2.75) is 0 Å². The SMILES string of the molecule is CN(c1nc(-c2ccc(F)cc2)cs1)c1c(C=O)nc2ccc(Br)nn12.COC(=O)/C=C/c1nc2ccc(Br)nn2c1N(C)c1nc(-c2ccc(F)cc2)cs1. The van der Waals surface area contributed by atoms with Crippen molar-refractivity contribution in [3.63, 3.8) is 0 Å². The third-order valence-corrected chi connectivity index (χ3v) is 10.7. The summed E-state index contributed by atoms with van der Waals surface area (Å²) >= 11 is 9.56. The Morgan fingerprint density at radius 2 is 1.14 bits per heavy atom. The Morgan fingerprint density at radius 3 is 1.59 bits per heavy atom. The molecule has 13 nitrogen and oxygen atoms in total. The lowest BCUT2D eigenvalue weighted by Crippen LogP contribution is -2.14.